The van der Waals surface area contributed by atoms with E-state index in [1.54, 1.807) is 49.4 Å². The number of carbonyl (C=O) groups excluding carboxylic acids is 3. The van der Waals surface area contributed by atoms with E-state index >= 15 is 0 Å². The lowest BCUT2D eigenvalue weighted by Crippen LogP contribution is -2.55. The number of amides is 2. The molecule has 0 bridgehead atoms. The molecule has 0 fully saturated rings. The van der Waals surface area contributed by atoms with Gasteiger partial charge in [0.15, 0.2) is 0 Å². The highest BCUT2D eigenvalue weighted by Gasteiger charge is 2.30. The predicted octanol–water partition coefficient (Wildman–Crippen LogP) is 1.82. The molecule has 0 spiro atoms. The lowest BCUT2D eigenvalue weighted by molar-refractivity contribution is -0.140. The highest BCUT2D eigenvalue weighted by atomic mass is 32.2. The Bertz CT molecular complexity index is 1200. The third-order valence-electron chi connectivity index (χ3n) is 5.76. The molecule has 0 aliphatic heterocycles. The Kier molecular flexibility index (Phi) is 12.4. The molecule has 1 unspecified atom stereocenters. The van der Waals surface area contributed by atoms with Gasteiger partial charge in [-0.15, -0.1) is 0 Å². The van der Waals surface area contributed by atoms with E-state index in [0.29, 0.717) is 17.1 Å². The molecule has 0 saturated carbocycles. The van der Waals surface area contributed by atoms with E-state index < -0.39 is 39.9 Å². The zero-order chi connectivity index (χ0) is 29.0. The van der Waals surface area contributed by atoms with Crippen LogP contribution in [0.2, 0.25) is 0 Å². The molecule has 2 aromatic rings. The monoisotopic (exact) mass is 562 g/mol. The van der Waals surface area contributed by atoms with E-state index in [9.17, 15) is 22.8 Å². The first-order chi connectivity index (χ1) is 18.5. The number of ketones is 1. The average Bonchev–Trinajstić information content (AvgIpc) is 2.92. The summed E-state index contributed by atoms with van der Waals surface area (Å²) in [6, 6.07) is 11.7. The summed E-state index contributed by atoms with van der Waals surface area (Å²) in [6.45, 7) is 5.41. The SMILES string of the molecule is CCC(NC(=O)[C@H](CC(C)C)NS(=O)(=O)NCc1ccccc1)C(=O)C(=O)NCc1cc(OC)cc(OC)c1. The Morgan fingerprint density at radius 1 is 0.872 bits per heavy atom. The highest BCUT2D eigenvalue weighted by molar-refractivity contribution is 7.87. The summed E-state index contributed by atoms with van der Waals surface area (Å²) < 4.78 is 40.5. The number of hydrogen-bond acceptors (Lipinski definition) is 7. The lowest BCUT2D eigenvalue weighted by atomic mass is 10.0. The molecule has 0 aliphatic rings. The van der Waals surface area contributed by atoms with Crippen LogP contribution in [-0.2, 0) is 37.7 Å². The largest absolute Gasteiger partial charge is 0.497 e. The molecule has 2 atom stereocenters. The third kappa shape index (κ3) is 10.7. The van der Waals surface area contributed by atoms with Crippen LogP contribution in [0, 0.1) is 5.92 Å². The van der Waals surface area contributed by atoms with Crippen molar-refractivity contribution in [2.24, 2.45) is 5.92 Å². The van der Waals surface area contributed by atoms with Gasteiger partial charge in [-0.05, 0) is 42.0 Å². The number of benzene rings is 2. The van der Waals surface area contributed by atoms with Crippen LogP contribution in [-0.4, -0.2) is 52.3 Å². The van der Waals surface area contributed by atoms with Crippen LogP contribution in [0.1, 0.15) is 44.7 Å². The Labute approximate surface area is 230 Å². The van der Waals surface area contributed by atoms with E-state index in [1.165, 1.54) is 14.2 Å². The van der Waals surface area contributed by atoms with Crippen LogP contribution in [0.5, 0.6) is 11.5 Å². The first kappa shape index (κ1) is 31.7. The molecule has 2 amide bonds. The van der Waals surface area contributed by atoms with Crippen molar-refractivity contribution < 1.29 is 32.3 Å². The van der Waals surface area contributed by atoms with Crippen molar-refractivity contribution in [1.82, 2.24) is 20.1 Å². The standard InChI is InChI=1S/C27H38N4O7S/c1-6-23(25(32)27(34)28-16-20-13-21(37-4)15-22(14-20)38-5)30-26(33)24(12-18(2)3)31-39(35,36)29-17-19-10-8-7-9-11-19/h7-11,13-15,18,23-24,29,31H,6,12,16-17H2,1-5H3,(H,28,34)(H,30,33)/t23?,24-/m0/s1. The molecule has 0 heterocycles. The molecular formula is C27H38N4O7S. The number of Topliss-reactive ketones (excluding diaryl/α,β-unsaturated/α-hetero) is 1. The van der Waals surface area contributed by atoms with E-state index in [0.717, 1.165) is 5.56 Å². The number of hydrogen-bond donors (Lipinski definition) is 4. The van der Waals surface area contributed by atoms with Gasteiger partial charge in [-0.2, -0.15) is 17.9 Å². The second-order valence-corrected chi connectivity index (χ2v) is 10.9. The minimum atomic E-state index is -4.05. The van der Waals surface area contributed by atoms with Crippen molar-refractivity contribution in [3.8, 4) is 11.5 Å². The van der Waals surface area contributed by atoms with E-state index in [2.05, 4.69) is 20.1 Å². The molecule has 214 valence electrons. The molecule has 0 saturated heterocycles. The van der Waals surface area contributed by atoms with Gasteiger partial charge < -0.3 is 20.1 Å². The van der Waals surface area contributed by atoms with Crippen LogP contribution in [0.3, 0.4) is 0 Å². The summed E-state index contributed by atoms with van der Waals surface area (Å²) >= 11 is 0. The summed E-state index contributed by atoms with van der Waals surface area (Å²) in [7, 11) is -1.04. The van der Waals surface area contributed by atoms with Crippen molar-refractivity contribution in [2.45, 2.75) is 58.8 Å². The first-order valence-electron chi connectivity index (χ1n) is 12.6. The van der Waals surface area contributed by atoms with Gasteiger partial charge in [-0.1, -0.05) is 51.1 Å². The van der Waals surface area contributed by atoms with Crippen LogP contribution in [0.4, 0.5) is 0 Å². The maximum absolute atomic E-state index is 13.1. The zero-order valence-corrected chi connectivity index (χ0v) is 23.8. The maximum Gasteiger partial charge on any atom is 0.289 e. The number of nitrogens with one attached hydrogen (secondary N) is 4. The number of ether oxygens (including phenoxy) is 2. The summed E-state index contributed by atoms with van der Waals surface area (Å²) in [6.07, 6.45) is 0.324. The fourth-order valence-electron chi connectivity index (χ4n) is 3.70. The minimum absolute atomic E-state index is 0.0310. The van der Waals surface area contributed by atoms with E-state index in [4.69, 9.17) is 9.47 Å². The van der Waals surface area contributed by atoms with Gasteiger partial charge in [0.1, 0.15) is 17.5 Å². The van der Waals surface area contributed by atoms with Gasteiger partial charge in [-0.25, -0.2) is 0 Å². The van der Waals surface area contributed by atoms with Crippen molar-refractivity contribution in [1.29, 1.82) is 0 Å². The molecule has 11 nitrogen and oxygen atoms in total. The van der Waals surface area contributed by atoms with Crippen molar-refractivity contribution >= 4 is 27.8 Å². The quantitative estimate of drug-likeness (QED) is 0.228. The molecule has 2 rings (SSSR count). The molecule has 0 aromatic heterocycles. The van der Waals surface area contributed by atoms with Gasteiger partial charge >= 0.3 is 0 Å². The highest BCUT2D eigenvalue weighted by Crippen LogP contribution is 2.22. The summed E-state index contributed by atoms with van der Waals surface area (Å²) in [5.74, 6) is -1.39. The Morgan fingerprint density at radius 3 is 2.03 bits per heavy atom. The summed E-state index contributed by atoms with van der Waals surface area (Å²) in [5, 5.41) is 5.09. The van der Waals surface area contributed by atoms with E-state index in [1.807, 2.05) is 19.9 Å². The predicted molar refractivity (Wildman–Crippen MR) is 147 cm³/mol. The third-order valence-corrected chi connectivity index (χ3v) is 6.88. The van der Waals surface area contributed by atoms with Crippen LogP contribution < -0.4 is 29.6 Å². The van der Waals surface area contributed by atoms with Crippen LogP contribution in [0.15, 0.2) is 48.5 Å². The lowest BCUT2D eigenvalue weighted by Gasteiger charge is -2.23. The summed E-state index contributed by atoms with van der Waals surface area (Å²) in [4.78, 5) is 38.5. The van der Waals surface area contributed by atoms with Crippen molar-refractivity contribution in [3.05, 3.63) is 59.7 Å². The Hall–Kier alpha value is -3.48. The molecular weight excluding hydrogens is 524 g/mol. The van der Waals surface area contributed by atoms with Crippen molar-refractivity contribution in [3.63, 3.8) is 0 Å². The van der Waals surface area contributed by atoms with Crippen LogP contribution in [0.25, 0.3) is 0 Å². The normalized spacial score (nSPS) is 12.9. The molecule has 4 N–H and O–H groups in total. The molecule has 2 aromatic carbocycles. The smallest absolute Gasteiger partial charge is 0.289 e. The molecule has 0 radical (unpaired) electrons. The van der Waals surface area contributed by atoms with Crippen LogP contribution >= 0.6 is 0 Å². The number of carbonyl (C=O) groups is 3. The fraction of sp³-hybridized carbons (Fsp3) is 0.444. The van der Waals surface area contributed by atoms with Gasteiger partial charge in [-0.3, -0.25) is 14.4 Å². The molecule has 12 heteroatoms. The van der Waals surface area contributed by atoms with Gasteiger partial charge in [0.2, 0.25) is 11.7 Å². The number of rotatable bonds is 16. The Balaban J connectivity index is 2.03. The van der Waals surface area contributed by atoms with Gasteiger partial charge in [0, 0.05) is 19.2 Å². The second kappa shape index (κ2) is 15.2. The number of methoxy groups -OCH3 is 2. The molecule has 39 heavy (non-hydrogen) atoms. The first-order valence-corrected chi connectivity index (χ1v) is 14.1. The minimum Gasteiger partial charge on any atom is -0.497 e. The average molecular weight is 563 g/mol. The van der Waals surface area contributed by atoms with Gasteiger partial charge in [0.05, 0.1) is 20.3 Å². The van der Waals surface area contributed by atoms with E-state index in [-0.39, 0.29) is 31.8 Å². The topological polar surface area (TPSA) is 152 Å². The Morgan fingerprint density at radius 2 is 1.49 bits per heavy atom. The summed E-state index contributed by atoms with van der Waals surface area (Å²) in [5.41, 5.74) is 1.40. The fourth-order valence-corrected chi connectivity index (χ4v) is 4.72. The maximum atomic E-state index is 13.1. The molecule has 0 aliphatic carbocycles. The zero-order valence-electron chi connectivity index (χ0n) is 22.9. The second-order valence-electron chi connectivity index (χ2n) is 9.35. The van der Waals surface area contributed by atoms with Crippen molar-refractivity contribution in [2.75, 3.05) is 14.2 Å². The van der Waals surface area contributed by atoms with Gasteiger partial charge in [0.25, 0.3) is 16.1 Å².